The second-order valence-corrected chi connectivity index (χ2v) is 10.5. The van der Waals surface area contributed by atoms with Gasteiger partial charge in [-0.3, -0.25) is 0 Å². The summed E-state index contributed by atoms with van der Waals surface area (Å²) in [5, 5.41) is 7.02. The van der Waals surface area contributed by atoms with E-state index in [1.165, 1.54) is 44.0 Å². The second-order valence-electron chi connectivity index (χ2n) is 10.5. The van der Waals surface area contributed by atoms with Gasteiger partial charge in [0, 0.05) is 27.1 Å². The summed E-state index contributed by atoms with van der Waals surface area (Å²) < 4.78 is 12.7. The summed E-state index contributed by atoms with van der Waals surface area (Å²) in [7, 11) is 0. The highest BCUT2D eigenvalue weighted by Gasteiger charge is 2.21. The third-order valence-electron chi connectivity index (χ3n) is 8.29. The average molecular weight is 511 g/mol. The zero-order chi connectivity index (χ0) is 26.2. The standard InChI is InChI=1S/C38H22O2/c1-2-8-28-23(7-1)19-20-32-36-27(10-6-14-34(36)40-38(28)32)25-17-15-24(16-18-25)26-21-22-35-37-30(26)11-5-12-31(37)29-9-3-4-13-33(29)39-35/h1-22H. The van der Waals surface area contributed by atoms with Crippen LogP contribution in [0.25, 0.3) is 76.9 Å². The fraction of sp³-hybridized carbons (Fsp3) is 0. The van der Waals surface area contributed by atoms with Crippen molar-refractivity contribution < 1.29 is 9.15 Å². The molecule has 1 aliphatic rings. The van der Waals surface area contributed by atoms with E-state index < -0.39 is 0 Å². The van der Waals surface area contributed by atoms with Crippen molar-refractivity contribution in [1.29, 1.82) is 0 Å². The molecule has 7 aromatic carbocycles. The van der Waals surface area contributed by atoms with Gasteiger partial charge in [0.1, 0.15) is 22.7 Å². The molecule has 2 heteroatoms. The van der Waals surface area contributed by atoms with Gasteiger partial charge >= 0.3 is 0 Å². The van der Waals surface area contributed by atoms with Gasteiger partial charge in [-0.15, -0.1) is 0 Å². The highest BCUT2D eigenvalue weighted by atomic mass is 16.5. The van der Waals surface area contributed by atoms with Gasteiger partial charge in [0.05, 0.1) is 0 Å². The van der Waals surface area contributed by atoms with Gasteiger partial charge in [0.15, 0.2) is 0 Å². The number of hydrogen-bond donors (Lipinski definition) is 0. The van der Waals surface area contributed by atoms with Gasteiger partial charge in [-0.1, -0.05) is 109 Å². The lowest BCUT2D eigenvalue weighted by Gasteiger charge is -2.22. The molecule has 9 rings (SSSR count). The quantitative estimate of drug-likeness (QED) is 0.231. The minimum atomic E-state index is 0.911. The lowest BCUT2D eigenvalue weighted by Crippen LogP contribution is -1.97. The van der Waals surface area contributed by atoms with E-state index >= 15 is 0 Å². The van der Waals surface area contributed by atoms with Crippen molar-refractivity contribution in [2.24, 2.45) is 0 Å². The third-order valence-corrected chi connectivity index (χ3v) is 8.29. The molecule has 0 amide bonds. The second kappa shape index (κ2) is 8.08. The van der Waals surface area contributed by atoms with Gasteiger partial charge in [0.2, 0.25) is 0 Å². The first kappa shape index (κ1) is 21.6. The van der Waals surface area contributed by atoms with E-state index in [4.69, 9.17) is 9.15 Å². The van der Waals surface area contributed by atoms with Crippen LogP contribution in [0.15, 0.2) is 138 Å². The van der Waals surface area contributed by atoms with Crippen LogP contribution in [0.4, 0.5) is 0 Å². The SMILES string of the molecule is c1ccc2c(c1)Oc1ccc(-c3ccc(-c4cccc5oc6c7ccccc7ccc6c45)cc3)c3cccc-2c13. The Bertz CT molecular complexity index is 2290. The molecule has 0 atom stereocenters. The number of para-hydroxylation sites is 1. The number of rotatable bonds is 2. The molecule has 8 aromatic rings. The minimum absolute atomic E-state index is 0.911. The Labute approximate surface area is 230 Å². The maximum absolute atomic E-state index is 6.42. The van der Waals surface area contributed by atoms with E-state index in [2.05, 4.69) is 121 Å². The molecule has 2 nitrogen and oxygen atoms in total. The van der Waals surface area contributed by atoms with E-state index in [1.807, 2.05) is 12.1 Å². The lowest BCUT2D eigenvalue weighted by molar-refractivity contribution is 0.487. The summed E-state index contributed by atoms with van der Waals surface area (Å²) >= 11 is 0. The van der Waals surface area contributed by atoms with Crippen molar-refractivity contribution in [1.82, 2.24) is 0 Å². The zero-order valence-electron chi connectivity index (χ0n) is 21.5. The van der Waals surface area contributed by atoms with E-state index in [9.17, 15) is 0 Å². The summed E-state index contributed by atoms with van der Waals surface area (Å²) in [6, 6.07) is 47.1. The highest BCUT2D eigenvalue weighted by Crippen LogP contribution is 2.48. The van der Waals surface area contributed by atoms with Crippen LogP contribution in [-0.2, 0) is 0 Å². The number of hydrogen-bond acceptors (Lipinski definition) is 2. The number of benzene rings is 7. The van der Waals surface area contributed by atoms with Crippen molar-refractivity contribution in [2.45, 2.75) is 0 Å². The summed E-state index contributed by atoms with van der Waals surface area (Å²) in [5.41, 5.74) is 8.96. The predicted molar refractivity (Wildman–Crippen MR) is 165 cm³/mol. The maximum atomic E-state index is 6.42. The van der Waals surface area contributed by atoms with Crippen LogP contribution in [0.1, 0.15) is 0 Å². The monoisotopic (exact) mass is 510 g/mol. The Balaban J connectivity index is 1.19. The van der Waals surface area contributed by atoms with Crippen molar-refractivity contribution >= 4 is 43.5 Å². The lowest BCUT2D eigenvalue weighted by atomic mass is 9.90. The van der Waals surface area contributed by atoms with E-state index in [1.54, 1.807) is 0 Å². The van der Waals surface area contributed by atoms with Gasteiger partial charge in [-0.05, 0) is 62.9 Å². The van der Waals surface area contributed by atoms with Gasteiger partial charge in [-0.25, -0.2) is 0 Å². The van der Waals surface area contributed by atoms with Gasteiger partial charge in [-0.2, -0.15) is 0 Å². The molecule has 186 valence electrons. The van der Waals surface area contributed by atoms with Crippen molar-refractivity contribution in [3.8, 4) is 44.9 Å². The largest absolute Gasteiger partial charge is 0.456 e. The molecule has 1 aromatic heterocycles. The first-order chi connectivity index (χ1) is 19.8. The molecule has 0 N–H and O–H groups in total. The van der Waals surface area contributed by atoms with Crippen molar-refractivity contribution in [3.05, 3.63) is 133 Å². The molecule has 0 radical (unpaired) electrons. The molecule has 0 saturated heterocycles. The summed E-state index contributed by atoms with van der Waals surface area (Å²) in [4.78, 5) is 0. The zero-order valence-corrected chi connectivity index (χ0v) is 21.5. The van der Waals surface area contributed by atoms with Crippen LogP contribution in [0.2, 0.25) is 0 Å². The van der Waals surface area contributed by atoms with Crippen LogP contribution in [0, 0.1) is 0 Å². The van der Waals surface area contributed by atoms with E-state index in [-0.39, 0.29) is 0 Å². The van der Waals surface area contributed by atoms with Gasteiger partial charge in [0.25, 0.3) is 0 Å². The summed E-state index contributed by atoms with van der Waals surface area (Å²) in [5.74, 6) is 1.82. The van der Waals surface area contributed by atoms with E-state index in [0.717, 1.165) is 44.4 Å². The molecule has 0 unspecified atom stereocenters. The van der Waals surface area contributed by atoms with Crippen LogP contribution in [0.3, 0.4) is 0 Å². The Kier molecular flexibility index (Phi) is 4.36. The molecular weight excluding hydrogens is 488 g/mol. The molecule has 0 fully saturated rings. The minimum Gasteiger partial charge on any atom is -0.456 e. The normalized spacial score (nSPS) is 12.2. The van der Waals surface area contributed by atoms with Crippen molar-refractivity contribution in [2.75, 3.05) is 0 Å². The molecule has 0 aliphatic carbocycles. The molecule has 0 bridgehead atoms. The summed E-state index contributed by atoms with van der Waals surface area (Å²) in [6.07, 6.45) is 0. The first-order valence-corrected chi connectivity index (χ1v) is 13.6. The molecular formula is C38H22O2. The van der Waals surface area contributed by atoms with E-state index in [0.29, 0.717) is 0 Å². The van der Waals surface area contributed by atoms with Gasteiger partial charge < -0.3 is 9.15 Å². The Morgan fingerprint density at radius 3 is 2.02 bits per heavy atom. The predicted octanol–water partition coefficient (Wildman–Crippen LogP) is 11.0. The molecule has 0 spiro atoms. The Morgan fingerprint density at radius 2 is 1.10 bits per heavy atom. The molecule has 0 saturated carbocycles. The van der Waals surface area contributed by atoms with Crippen LogP contribution >= 0.6 is 0 Å². The third kappa shape index (κ3) is 2.99. The molecule has 1 aliphatic heterocycles. The molecule has 40 heavy (non-hydrogen) atoms. The Morgan fingerprint density at radius 1 is 0.375 bits per heavy atom. The fourth-order valence-corrected chi connectivity index (χ4v) is 6.46. The van der Waals surface area contributed by atoms with Crippen LogP contribution < -0.4 is 4.74 Å². The first-order valence-electron chi connectivity index (χ1n) is 13.6. The smallest absolute Gasteiger partial charge is 0.143 e. The average Bonchev–Trinajstić information content (AvgIpc) is 3.41. The maximum Gasteiger partial charge on any atom is 0.143 e. The topological polar surface area (TPSA) is 22.4 Å². The molecule has 2 heterocycles. The number of fused-ring (bicyclic) bond motifs is 7. The number of furan rings is 1. The number of ether oxygens (including phenoxy) is 1. The van der Waals surface area contributed by atoms with Crippen LogP contribution in [-0.4, -0.2) is 0 Å². The highest BCUT2D eigenvalue weighted by molar-refractivity contribution is 6.19. The van der Waals surface area contributed by atoms with Crippen LogP contribution in [0.5, 0.6) is 11.5 Å². The van der Waals surface area contributed by atoms with Crippen molar-refractivity contribution in [3.63, 3.8) is 0 Å². The Hall–Kier alpha value is -5.34. The fourth-order valence-electron chi connectivity index (χ4n) is 6.46. The summed E-state index contributed by atoms with van der Waals surface area (Å²) in [6.45, 7) is 0.